The molecule has 1 unspecified atom stereocenters. The van der Waals surface area contributed by atoms with Gasteiger partial charge in [-0.25, -0.2) is 0 Å². The van der Waals surface area contributed by atoms with Crippen molar-refractivity contribution in [2.75, 3.05) is 19.0 Å². The molecule has 1 N–H and O–H groups in total. The van der Waals surface area contributed by atoms with Crippen molar-refractivity contribution in [3.05, 3.63) is 64.8 Å². The van der Waals surface area contributed by atoms with Gasteiger partial charge >= 0.3 is 0 Å². The topological polar surface area (TPSA) is 34.1 Å². The van der Waals surface area contributed by atoms with Crippen LogP contribution in [0.4, 0.5) is 5.69 Å². The lowest BCUT2D eigenvalue weighted by Crippen LogP contribution is -2.07. The van der Waals surface area contributed by atoms with Gasteiger partial charge in [0.15, 0.2) is 0 Å². The van der Waals surface area contributed by atoms with Gasteiger partial charge in [-0.2, -0.15) is 0 Å². The van der Waals surface area contributed by atoms with E-state index in [4.69, 9.17) is 4.74 Å². The number of ether oxygens (including phenoxy) is 1. The van der Waals surface area contributed by atoms with E-state index in [0.29, 0.717) is 5.92 Å². The summed E-state index contributed by atoms with van der Waals surface area (Å²) in [6, 6.07) is 16.4. The quantitative estimate of drug-likeness (QED) is 0.599. The molecule has 0 spiro atoms. The minimum absolute atomic E-state index is 0.396. The number of rotatable bonds is 6. The van der Waals surface area contributed by atoms with E-state index in [2.05, 4.69) is 63.5 Å². The maximum Gasteiger partial charge on any atom is 0.122 e. The van der Waals surface area contributed by atoms with Crippen molar-refractivity contribution in [1.29, 1.82) is 0 Å². The number of aromatic nitrogens is 1. The summed E-state index contributed by atoms with van der Waals surface area (Å²) in [5, 5.41) is 4.68. The monoisotopic (exact) mass is 384 g/mol. The van der Waals surface area contributed by atoms with Crippen LogP contribution in [0.25, 0.3) is 10.9 Å². The number of pyridine rings is 1. The van der Waals surface area contributed by atoms with E-state index in [0.717, 1.165) is 39.8 Å². The largest absolute Gasteiger partial charge is 0.496 e. The molecule has 0 amide bonds. The number of para-hydroxylation sites is 1. The van der Waals surface area contributed by atoms with Crippen LogP contribution in [0, 0.1) is 0 Å². The van der Waals surface area contributed by atoms with Crippen LogP contribution >= 0.6 is 15.9 Å². The smallest absolute Gasteiger partial charge is 0.122 e. The highest BCUT2D eigenvalue weighted by molar-refractivity contribution is 9.10. The average Bonchev–Trinajstić information content (AvgIpc) is 2.61. The molecule has 124 valence electrons. The van der Waals surface area contributed by atoms with Crippen LogP contribution < -0.4 is 10.1 Å². The molecule has 0 aliphatic carbocycles. The summed E-state index contributed by atoms with van der Waals surface area (Å²) < 4.78 is 6.57. The number of anilines is 1. The molecule has 0 saturated heterocycles. The molecule has 2 aromatic carbocycles. The number of hydrogen-bond donors (Lipinski definition) is 1. The number of methoxy groups -OCH3 is 1. The molecule has 0 aliphatic heterocycles. The van der Waals surface area contributed by atoms with Crippen LogP contribution in [0.15, 0.2) is 59.2 Å². The van der Waals surface area contributed by atoms with Gasteiger partial charge in [0.2, 0.25) is 0 Å². The summed E-state index contributed by atoms with van der Waals surface area (Å²) in [7, 11) is 1.72. The number of hydrogen-bond acceptors (Lipinski definition) is 3. The van der Waals surface area contributed by atoms with Crippen LogP contribution in [0.3, 0.4) is 0 Å². The Morgan fingerprint density at radius 3 is 2.83 bits per heavy atom. The Balaban J connectivity index is 1.69. The zero-order chi connectivity index (χ0) is 16.9. The van der Waals surface area contributed by atoms with E-state index < -0.39 is 0 Å². The van der Waals surface area contributed by atoms with Crippen molar-refractivity contribution in [3.8, 4) is 5.75 Å². The van der Waals surface area contributed by atoms with Crippen molar-refractivity contribution in [2.45, 2.75) is 19.3 Å². The first kappa shape index (κ1) is 16.8. The normalized spacial score (nSPS) is 12.1. The van der Waals surface area contributed by atoms with E-state index in [-0.39, 0.29) is 0 Å². The van der Waals surface area contributed by atoms with Crippen molar-refractivity contribution >= 4 is 32.5 Å². The number of nitrogens with zero attached hydrogens (tertiary/aromatic N) is 1. The predicted octanol–water partition coefficient (Wildman–Crippen LogP) is 5.61. The summed E-state index contributed by atoms with van der Waals surface area (Å²) in [6.45, 7) is 3.11. The number of benzene rings is 2. The molecule has 0 radical (unpaired) electrons. The van der Waals surface area contributed by atoms with E-state index in [1.807, 2.05) is 24.4 Å². The Kier molecular flexibility index (Phi) is 5.36. The summed E-state index contributed by atoms with van der Waals surface area (Å²) in [5.41, 5.74) is 3.33. The minimum Gasteiger partial charge on any atom is -0.496 e. The maximum absolute atomic E-state index is 5.49. The van der Waals surface area contributed by atoms with E-state index >= 15 is 0 Å². The molecule has 4 heteroatoms. The Hall–Kier alpha value is -2.07. The lowest BCUT2D eigenvalue weighted by atomic mass is 9.97. The van der Waals surface area contributed by atoms with Gasteiger partial charge in [0.05, 0.1) is 18.3 Å². The zero-order valence-corrected chi connectivity index (χ0v) is 15.5. The summed E-state index contributed by atoms with van der Waals surface area (Å²) >= 11 is 3.55. The summed E-state index contributed by atoms with van der Waals surface area (Å²) in [4.78, 5) is 4.49. The van der Waals surface area contributed by atoms with Gasteiger partial charge in [0, 0.05) is 22.6 Å². The number of fused-ring (bicyclic) bond motifs is 1. The Morgan fingerprint density at radius 2 is 2.00 bits per heavy atom. The van der Waals surface area contributed by atoms with Crippen LogP contribution in [-0.2, 0) is 0 Å². The Labute approximate surface area is 151 Å². The Bertz CT molecular complexity index is 829. The SMILES string of the molecule is COc1ccc(Br)cc1C(C)CCNc1cccc2cccnc12. The molecule has 3 aromatic rings. The molecule has 0 fully saturated rings. The van der Waals surface area contributed by atoms with Crippen molar-refractivity contribution in [2.24, 2.45) is 0 Å². The van der Waals surface area contributed by atoms with Crippen molar-refractivity contribution in [1.82, 2.24) is 4.98 Å². The van der Waals surface area contributed by atoms with Crippen LogP contribution in [0.5, 0.6) is 5.75 Å². The summed E-state index contributed by atoms with van der Waals surface area (Å²) in [6.07, 6.45) is 2.85. The zero-order valence-electron chi connectivity index (χ0n) is 13.9. The molecule has 1 heterocycles. The molecular weight excluding hydrogens is 364 g/mol. The third-order valence-electron chi connectivity index (χ3n) is 4.25. The molecule has 0 saturated carbocycles. The molecule has 0 aliphatic rings. The second-order valence-corrected chi connectivity index (χ2v) is 6.80. The first-order chi connectivity index (χ1) is 11.7. The number of halogens is 1. The van der Waals surface area contributed by atoms with Crippen molar-refractivity contribution < 1.29 is 4.74 Å². The molecule has 1 aromatic heterocycles. The van der Waals surface area contributed by atoms with Gasteiger partial charge in [-0.05, 0) is 48.2 Å². The van der Waals surface area contributed by atoms with Crippen LogP contribution in [0.2, 0.25) is 0 Å². The molecular formula is C20H21BrN2O. The molecule has 0 bridgehead atoms. The van der Waals surface area contributed by atoms with Gasteiger partial charge < -0.3 is 10.1 Å². The fourth-order valence-electron chi connectivity index (χ4n) is 2.92. The minimum atomic E-state index is 0.396. The third kappa shape index (κ3) is 3.70. The van der Waals surface area contributed by atoms with Crippen LogP contribution in [-0.4, -0.2) is 18.6 Å². The lowest BCUT2D eigenvalue weighted by Gasteiger charge is -2.17. The van der Waals surface area contributed by atoms with E-state index in [1.165, 1.54) is 5.56 Å². The van der Waals surface area contributed by atoms with Gasteiger partial charge in [-0.1, -0.05) is 41.1 Å². The standard InChI is InChI=1S/C20H21BrN2O/c1-14(17-13-16(21)8-9-19(17)24-2)10-12-22-18-7-3-5-15-6-4-11-23-20(15)18/h3-9,11,13-14,22H,10,12H2,1-2H3. The average molecular weight is 385 g/mol. The van der Waals surface area contributed by atoms with E-state index in [1.54, 1.807) is 7.11 Å². The third-order valence-corrected chi connectivity index (χ3v) is 4.74. The summed E-state index contributed by atoms with van der Waals surface area (Å²) in [5.74, 6) is 1.34. The van der Waals surface area contributed by atoms with Crippen LogP contribution in [0.1, 0.15) is 24.8 Å². The second-order valence-electron chi connectivity index (χ2n) is 5.88. The lowest BCUT2D eigenvalue weighted by molar-refractivity contribution is 0.405. The molecule has 24 heavy (non-hydrogen) atoms. The maximum atomic E-state index is 5.49. The van der Waals surface area contributed by atoms with Crippen molar-refractivity contribution in [3.63, 3.8) is 0 Å². The molecule has 1 atom stereocenters. The van der Waals surface area contributed by atoms with E-state index in [9.17, 15) is 0 Å². The first-order valence-corrected chi connectivity index (χ1v) is 8.89. The number of nitrogens with one attached hydrogen (secondary N) is 1. The van der Waals surface area contributed by atoms with Gasteiger partial charge in [-0.3, -0.25) is 4.98 Å². The predicted molar refractivity (Wildman–Crippen MR) is 104 cm³/mol. The highest BCUT2D eigenvalue weighted by Crippen LogP contribution is 2.31. The van der Waals surface area contributed by atoms with Gasteiger partial charge in [-0.15, -0.1) is 0 Å². The fraction of sp³-hybridized carbons (Fsp3) is 0.250. The van der Waals surface area contributed by atoms with Gasteiger partial charge in [0.1, 0.15) is 5.75 Å². The molecule has 3 nitrogen and oxygen atoms in total. The Morgan fingerprint density at radius 1 is 1.17 bits per heavy atom. The van der Waals surface area contributed by atoms with Gasteiger partial charge in [0.25, 0.3) is 0 Å². The highest BCUT2D eigenvalue weighted by atomic mass is 79.9. The second kappa shape index (κ2) is 7.67. The fourth-order valence-corrected chi connectivity index (χ4v) is 3.29. The highest BCUT2D eigenvalue weighted by Gasteiger charge is 2.12. The molecule has 3 rings (SSSR count). The first-order valence-electron chi connectivity index (χ1n) is 8.10.